The molecule has 1 aromatic heterocycles. The molecular weight excluding hydrogens is 212 g/mol. The summed E-state index contributed by atoms with van der Waals surface area (Å²) in [4.78, 5) is 3.24. The molecule has 2 heterocycles. The van der Waals surface area contributed by atoms with Gasteiger partial charge in [0.2, 0.25) is 0 Å². The van der Waals surface area contributed by atoms with Crippen LogP contribution in [0.2, 0.25) is 0 Å². The number of aromatic amines is 1. The Hall–Kier alpha value is -1.32. The van der Waals surface area contributed by atoms with Crippen LogP contribution in [0, 0.1) is 0 Å². The van der Waals surface area contributed by atoms with E-state index in [1.807, 2.05) is 6.20 Å². The molecule has 1 aliphatic heterocycles. The standard InChI is InChI=1S/C14H18N2O/c1-3-11(13-6-7-16-14(13)5-1)9-15-10-12-4-2-8-17-12/h1,3,5-7,12,15-16H,2,4,8-10H2. The molecule has 1 saturated heterocycles. The van der Waals surface area contributed by atoms with Gasteiger partial charge >= 0.3 is 0 Å². The average Bonchev–Trinajstić information content (AvgIpc) is 2.99. The zero-order valence-corrected chi connectivity index (χ0v) is 9.91. The lowest BCUT2D eigenvalue weighted by atomic mass is 10.1. The van der Waals surface area contributed by atoms with Crippen molar-refractivity contribution in [2.45, 2.75) is 25.5 Å². The van der Waals surface area contributed by atoms with Crippen LogP contribution < -0.4 is 5.32 Å². The smallest absolute Gasteiger partial charge is 0.0700 e. The summed E-state index contributed by atoms with van der Waals surface area (Å²) in [7, 11) is 0. The first-order chi connectivity index (χ1) is 8.43. The monoisotopic (exact) mass is 230 g/mol. The van der Waals surface area contributed by atoms with Crippen molar-refractivity contribution in [1.29, 1.82) is 0 Å². The normalized spacial score (nSPS) is 20.1. The number of benzene rings is 1. The fourth-order valence-corrected chi connectivity index (χ4v) is 2.48. The Balaban J connectivity index is 1.62. The van der Waals surface area contributed by atoms with Crippen molar-refractivity contribution >= 4 is 10.9 Å². The van der Waals surface area contributed by atoms with Gasteiger partial charge in [-0.05, 0) is 30.5 Å². The van der Waals surface area contributed by atoms with Gasteiger partial charge in [-0.2, -0.15) is 0 Å². The number of ether oxygens (including phenoxy) is 1. The molecule has 1 fully saturated rings. The predicted molar refractivity (Wildman–Crippen MR) is 69.0 cm³/mol. The van der Waals surface area contributed by atoms with Crippen LogP contribution in [0.15, 0.2) is 30.5 Å². The van der Waals surface area contributed by atoms with E-state index in [0.29, 0.717) is 6.10 Å². The molecule has 1 atom stereocenters. The highest BCUT2D eigenvalue weighted by Gasteiger charge is 2.14. The van der Waals surface area contributed by atoms with Crippen LogP contribution in [0.4, 0.5) is 0 Å². The molecule has 2 N–H and O–H groups in total. The fourth-order valence-electron chi connectivity index (χ4n) is 2.48. The van der Waals surface area contributed by atoms with Crippen LogP contribution >= 0.6 is 0 Å². The minimum atomic E-state index is 0.417. The molecule has 0 bridgehead atoms. The molecule has 1 aromatic carbocycles. The highest BCUT2D eigenvalue weighted by atomic mass is 16.5. The minimum absolute atomic E-state index is 0.417. The maximum Gasteiger partial charge on any atom is 0.0700 e. The highest BCUT2D eigenvalue weighted by Crippen LogP contribution is 2.17. The van der Waals surface area contributed by atoms with Crippen molar-refractivity contribution in [2.75, 3.05) is 13.2 Å². The molecule has 0 radical (unpaired) electrons. The molecule has 0 saturated carbocycles. The van der Waals surface area contributed by atoms with Gasteiger partial charge < -0.3 is 15.0 Å². The third kappa shape index (κ3) is 2.35. The second kappa shape index (κ2) is 4.90. The van der Waals surface area contributed by atoms with E-state index >= 15 is 0 Å². The van der Waals surface area contributed by atoms with E-state index in [1.165, 1.54) is 29.3 Å². The molecular formula is C14H18N2O. The first kappa shape index (κ1) is 10.8. The Morgan fingerprint density at radius 2 is 2.35 bits per heavy atom. The fraction of sp³-hybridized carbons (Fsp3) is 0.429. The second-order valence-electron chi connectivity index (χ2n) is 4.62. The second-order valence-corrected chi connectivity index (χ2v) is 4.62. The molecule has 1 unspecified atom stereocenters. The number of fused-ring (bicyclic) bond motifs is 1. The van der Waals surface area contributed by atoms with Crippen molar-refractivity contribution in [1.82, 2.24) is 10.3 Å². The Morgan fingerprint density at radius 1 is 1.35 bits per heavy atom. The molecule has 3 nitrogen and oxygen atoms in total. The zero-order chi connectivity index (χ0) is 11.5. The molecule has 0 amide bonds. The Labute approximate surface area is 101 Å². The number of hydrogen-bond acceptors (Lipinski definition) is 2. The lowest BCUT2D eigenvalue weighted by Gasteiger charge is -2.11. The molecule has 0 spiro atoms. The van der Waals surface area contributed by atoms with Crippen molar-refractivity contribution in [3.63, 3.8) is 0 Å². The van der Waals surface area contributed by atoms with Crippen LogP contribution in [-0.4, -0.2) is 24.2 Å². The Bertz CT molecular complexity index is 486. The lowest BCUT2D eigenvalue weighted by Crippen LogP contribution is -2.25. The van der Waals surface area contributed by atoms with E-state index in [1.54, 1.807) is 0 Å². The van der Waals surface area contributed by atoms with Crippen LogP contribution in [-0.2, 0) is 11.3 Å². The minimum Gasteiger partial charge on any atom is -0.377 e. The summed E-state index contributed by atoms with van der Waals surface area (Å²) in [5.41, 5.74) is 2.56. The van der Waals surface area contributed by atoms with Gasteiger partial charge in [0.25, 0.3) is 0 Å². The molecule has 2 aromatic rings. The molecule has 90 valence electrons. The van der Waals surface area contributed by atoms with Gasteiger partial charge in [0, 0.05) is 36.8 Å². The van der Waals surface area contributed by atoms with Crippen molar-refractivity contribution in [2.24, 2.45) is 0 Å². The predicted octanol–water partition coefficient (Wildman–Crippen LogP) is 2.44. The number of H-pyrrole nitrogens is 1. The average molecular weight is 230 g/mol. The molecule has 3 heteroatoms. The van der Waals surface area contributed by atoms with Crippen LogP contribution in [0.3, 0.4) is 0 Å². The first-order valence-corrected chi connectivity index (χ1v) is 6.31. The summed E-state index contributed by atoms with van der Waals surface area (Å²) in [5, 5.41) is 4.80. The van der Waals surface area contributed by atoms with Crippen molar-refractivity contribution in [3.05, 3.63) is 36.0 Å². The third-order valence-corrected chi connectivity index (χ3v) is 3.40. The van der Waals surface area contributed by atoms with Crippen LogP contribution in [0.25, 0.3) is 10.9 Å². The summed E-state index contributed by atoms with van der Waals surface area (Å²) in [6, 6.07) is 8.53. The molecule has 1 aliphatic rings. The van der Waals surface area contributed by atoms with Gasteiger partial charge in [0.1, 0.15) is 0 Å². The van der Waals surface area contributed by atoms with Crippen LogP contribution in [0.5, 0.6) is 0 Å². The topological polar surface area (TPSA) is 37.0 Å². The largest absolute Gasteiger partial charge is 0.377 e. The molecule has 3 rings (SSSR count). The SMILES string of the molecule is c1cc(CNCC2CCCO2)c2cc[nH]c2c1. The molecule has 0 aliphatic carbocycles. The summed E-state index contributed by atoms with van der Waals surface area (Å²) in [6.45, 7) is 2.80. The van der Waals surface area contributed by atoms with Crippen molar-refractivity contribution < 1.29 is 4.74 Å². The van der Waals surface area contributed by atoms with Gasteiger partial charge in [-0.25, -0.2) is 0 Å². The van der Waals surface area contributed by atoms with E-state index in [4.69, 9.17) is 4.74 Å². The van der Waals surface area contributed by atoms with Gasteiger partial charge in [-0.15, -0.1) is 0 Å². The summed E-state index contributed by atoms with van der Waals surface area (Å²) in [6.07, 6.45) is 4.82. The van der Waals surface area contributed by atoms with Gasteiger partial charge in [0.05, 0.1) is 6.10 Å². The van der Waals surface area contributed by atoms with E-state index in [-0.39, 0.29) is 0 Å². The maximum absolute atomic E-state index is 5.59. The van der Waals surface area contributed by atoms with E-state index in [0.717, 1.165) is 19.7 Å². The summed E-state index contributed by atoms with van der Waals surface area (Å²) in [5.74, 6) is 0. The summed E-state index contributed by atoms with van der Waals surface area (Å²) >= 11 is 0. The van der Waals surface area contributed by atoms with Crippen molar-refractivity contribution in [3.8, 4) is 0 Å². The summed E-state index contributed by atoms with van der Waals surface area (Å²) < 4.78 is 5.59. The maximum atomic E-state index is 5.59. The molecule has 17 heavy (non-hydrogen) atoms. The highest BCUT2D eigenvalue weighted by molar-refractivity contribution is 5.82. The number of rotatable bonds is 4. The quantitative estimate of drug-likeness (QED) is 0.846. The van der Waals surface area contributed by atoms with E-state index in [9.17, 15) is 0 Å². The first-order valence-electron chi connectivity index (χ1n) is 6.31. The Morgan fingerprint density at radius 3 is 3.24 bits per heavy atom. The lowest BCUT2D eigenvalue weighted by molar-refractivity contribution is 0.110. The number of hydrogen-bond donors (Lipinski definition) is 2. The van der Waals surface area contributed by atoms with Crippen LogP contribution in [0.1, 0.15) is 18.4 Å². The van der Waals surface area contributed by atoms with Gasteiger partial charge in [0.15, 0.2) is 0 Å². The zero-order valence-electron chi connectivity index (χ0n) is 9.91. The van der Waals surface area contributed by atoms with Gasteiger partial charge in [-0.3, -0.25) is 0 Å². The number of nitrogens with one attached hydrogen (secondary N) is 2. The van der Waals surface area contributed by atoms with Gasteiger partial charge in [-0.1, -0.05) is 12.1 Å². The third-order valence-electron chi connectivity index (χ3n) is 3.40. The Kier molecular flexibility index (Phi) is 3.12. The van der Waals surface area contributed by atoms with E-state index in [2.05, 4.69) is 34.6 Å². The van der Waals surface area contributed by atoms with E-state index < -0.39 is 0 Å². The number of aromatic nitrogens is 1.